The molecule has 3 nitrogen and oxygen atoms in total. The third kappa shape index (κ3) is 4.47. The lowest BCUT2D eigenvalue weighted by atomic mass is 9.93. The van der Waals surface area contributed by atoms with Crippen LogP contribution in [0.25, 0.3) is 0 Å². The molecular formula is C21H30N2O. The highest BCUT2D eigenvalue weighted by molar-refractivity contribution is 5.93. The molecule has 1 aromatic carbocycles. The Kier molecular flexibility index (Phi) is 6.08. The number of carbonyl (C=O) groups is 1. The SMILES string of the molecule is CN(Cc1ccccc1NC(=O)[C@H]1CC=CCC1)C1CCCCC1. The summed E-state index contributed by atoms with van der Waals surface area (Å²) in [5.74, 6) is 0.297. The number of rotatable bonds is 5. The van der Waals surface area contributed by atoms with Gasteiger partial charge in [0.15, 0.2) is 0 Å². The predicted molar refractivity (Wildman–Crippen MR) is 99.9 cm³/mol. The lowest BCUT2D eigenvalue weighted by Gasteiger charge is -2.31. The lowest BCUT2D eigenvalue weighted by Crippen LogP contribution is -2.33. The van der Waals surface area contributed by atoms with Crippen molar-refractivity contribution in [3.63, 3.8) is 0 Å². The van der Waals surface area contributed by atoms with Gasteiger partial charge in [0.05, 0.1) is 0 Å². The van der Waals surface area contributed by atoms with Gasteiger partial charge in [0, 0.05) is 24.2 Å². The van der Waals surface area contributed by atoms with Crippen LogP contribution in [0.4, 0.5) is 5.69 Å². The first-order chi connectivity index (χ1) is 11.7. The van der Waals surface area contributed by atoms with Crippen LogP contribution in [0.1, 0.15) is 56.9 Å². The van der Waals surface area contributed by atoms with E-state index in [0.29, 0.717) is 6.04 Å². The van der Waals surface area contributed by atoms with Gasteiger partial charge in [0.1, 0.15) is 0 Å². The van der Waals surface area contributed by atoms with Crippen LogP contribution in [0.3, 0.4) is 0 Å². The van der Waals surface area contributed by atoms with Crippen LogP contribution in [0.2, 0.25) is 0 Å². The third-order valence-corrected chi connectivity index (χ3v) is 5.53. The summed E-state index contributed by atoms with van der Waals surface area (Å²) in [4.78, 5) is 15.0. The first-order valence-corrected chi connectivity index (χ1v) is 9.48. The smallest absolute Gasteiger partial charge is 0.227 e. The van der Waals surface area contributed by atoms with Gasteiger partial charge in [0.2, 0.25) is 5.91 Å². The van der Waals surface area contributed by atoms with Crippen LogP contribution in [-0.2, 0) is 11.3 Å². The van der Waals surface area contributed by atoms with Crippen LogP contribution in [0, 0.1) is 5.92 Å². The van der Waals surface area contributed by atoms with Crippen molar-refractivity contribution < 1.29 is 4.79 Å². The Hall–Kier alpha value is -1.61. The molecule has 0 aromatic heterocycles. The fourth-order valence-corrected chi connectivity index (χ4v) is 3.97. The van der Waals surface area contributed by atoms with E-state index in [1.54, 1.807) is 0 Å². The Labute approximate surface area is 146 Å². The number of para-hydroxylation sites is 1. The maximum absolute atomic E-state index is 12.5. The molecule has 1 N–H and O–H groups in total. The van der Waals surface area contributed by atoms with Crippen LogP contribution in [-0.4, -0.2) is 23.9 Å². The first kappa shape index (κ1) is 17.2. The minimum atomic E-state index is 0.124. The van der Waals surface area contributed by atoms with Crippen molar-refractivity contribution in [2.24, 2.45) is 5.92 Å². The summed E-state index contributed by atoms with van der Waals surface area (Å²) in [6.07, 6.45) is 13.9. The standard InChI is InChI=1S/C21H30N2O/c1-23(19-13-6-3-7-14-19)16-18-12-8-9-15-20(18)22-21(24)17-10-4-2-5-11-17/h2,4,8-9,12,15,17,19H,3,5-7,10-11,13-14,16H2,1H3,(H,22,24)/t17-/m0/s1. The van der Waals surface area contributed by atoms with E-state index in [4.69, 9.17) is 0 Å². The highest BCUT2D eigenvalue weighted by atomic mass is 16.1. The Morgan fingerprint density at radius 1 is 1.12 bits per heavy atom. The molecule has 0 bridgehead atoms. The Bertz CT molecular complexity index is 575. The second kappa shape index (κ2) is 8.48. The summed E-state index contributed by atoms with van der Waals surface area (Å²) < 4.78 is 0. The van der Waals surface area contributed by atoms with Crippen LogP contribution < -0.4 is 5.32 Å². The molecule has 0 aliphatic heterocycles. The van der Waals surface area contributed by atoms with E-state index >= 15 is 0 Å². The van der Waals surface area contributed by atoms with E-state index in [9.17, 15) is 4.79 Å². The zero-order valence-corrected chi connectivity index (χ0v) is 14.8. The second-order valence-corrected chi connectivity index (χ2v) is 7.33. The van der Waals surface area contributed by atoms with Gasteiger partial charge in [-0.3, -0.25) is 9.69 Å². The summed E-state index contributed by atoms with van der Waals surface area (Å²) in [5, 5.41) is 3.19. The van der Waals surface area contributed by atoms with Gasteiger partial charge in [0.25, 0.3) is 0 Å². The van der Waals surface area contributed by atoms with Crippen molar-refractivity contribution in [2.75, 3.05) is 12.4 Å². The number of amides is 1. The van der Waals surface area contributed by atoms with Crippen molar-refractivity contribution in [2.45, 2.75) is 64.0 Å². The average molecular weight is 326 g/mol. The molecule has 0 radical (unpaired) electrons. The van der Waals surface area contributed by atoms with Crippen molar-refractivity contribution in [1.29, 1.82) is 0 Å². The van der Waals surface area contributed by atoms with Gasteiger partial charge < -0.3 is 5.32 Å². The molecule has 0 unspecified atom stereocenters. The zero-order chi connectivity index (χ0) is 16.8. The molecule has 0 saturated heterocycles. The van der Waals surface area contributed by atoms with E-state index in [1.165, 1.54) is 37.7 Å². The minimum Gasteiger partial charge on any atom is -0.326 e. The van der Waals surface area contributed by atoms with Crippen molar-refractivity contribution in [3.8, 4) is 0 Å². The van der Waals surface area contributed by atoms with E-state index in [2.05, 4.69) is 41.5 Å². The highest BCUT2D eigenvalue weighted by Crippen LogP contribution is 2.26. The Morgan fingerprint density at radius 3 is 2.67 bits per heavy atom. The van der Waals surface area contributed by atoms with Crippen LogP contribution in [0.15, 0.2) is 36.4 Å². The molecule has 1 atom stereocenters. The topological polar surface area (TPSA) is 32.3 Å². The van der Waals surface area contributed by atoms with E-state index in [1.807, 2.05) is 12.1 Å². The van der Waals surface area contributed by atoms with E-state index < -0.39 is 0 Å². The summed E-state index contributed by atoms with van der Waals surface area (Å²) in [5.41, 5.74) is 2.21. The lowest BCUT2D eigenvalue weighted by molar-refractivity contribution is -0.120. The molecular weight excluding hydrogens is 296 g/mol. The normalized spacial score (nSPS) is 21.8. The fourth-order valence-electron chi connectivity index (χ4n) is 3.97. The van der Waals surface area contributed by atoms with Crippen molar-refractivity contribution in [3.05, 3.63) is 42.0 Å². The maximum atomic E-state index is 12.5. The molecule has 0 heterocycles. The largest absolute Gasteiger partial charge is 0.326 e. The molecule has 130 valence electrons. The molecule has 1 aromatic rings. The number of anilines is 1. The van der Waals surface area contributed by atoms with Crippen LogP contribution >= 0.6 is 0 Å². The molecule has 1 amide bonds. The van der Waals surface area contributed by atoms with Gasteiger partial charge >= 0.3 is 0 Å². The highest BCUT2D eigenvalue weighted by Gasteiger charge is 2.21. The van der Waals surface area contributed by atoms with Gasteiger partial charge in [-0.2, -0.15) is 0 Å². The number of carbonyl (C=O) groups excluding carboxylic acids is 1. The summed E-state index contributed by atoms with van der Waals surface area (Å²) in [6, 6.07) is 8.96. The second-order valence-electron chi connectivity index (χ2n) is 7.33. The van der Waals surface area contributed by atoms with Gasteiger partial charge in [-0.1, -0.05) is 49.6 Å². The Morgan fingerprint density at radius 2 is 1.92 bits per heavy atom. The monoisotopic (exact) mass is 326 g/mol. The molecule has 0 spiro atoms. The molecule has 1 fully saturated rings. The quantitative estimate of drug-likeness (QED) is 0.792. The summed E-state index contributed by atoms with van der Waals surface area (Å²) >= 11 is 0. The number of nitrogens with one attached hydrogen (secondary N) is 1. The summed E-state index contributed by atoms with van der Waals surface area (Å²) in [7, 11) is 2.22. The molecule has 2 aliphatic rings. The molecule has 2 aliphatic carbocycles. The molecule has 3 rings (SSSR count). The van der Waals surface area contributed by atoms with Crippen molar-refractivity contribution in [1.82, 2.24) is 4.90 Å². The Balaban J connectivity index is 1.63. The van der Waals surface area contributed by atoms with Crippen molar-refractivity contribution >= 4 is 11.6 Å². The van der Waals surface area contributed by atoms with E-state index in [0.717, 1.165) is 31.5 Å². The predicted octanol–water partition coefficient (Wildman–Crippen LogP) is 4.75. The van der Waals surface area contributed by atoms with E-state index in [-0.39, 0.29) is 11.8 Å². The summed E-state index contributed by atoms with van der Waals surface area (Å²) in [6.45, 7) is 0.908. The third-order valence-electron chi connectivity index (χ3n) is 5.53. The zero-order valence-electron chi connectivity index (χ0n) is 14.8. The maximum Gasteiger partial charge on any atom is 0.227 e. The number of allylic oxidation sites excluding steroid dienone is 2. The molecule has 1 saturated carbocycles. The molecule has 24 heavy (non-hydrogen) atoms. The minimum absolute atomic E-state index is 0.124. The first-order valence-electron chi connectivity index (χ1n) is 9.48. The number of hydrogen-bond donors (Lipinski definition) is 1. The fraction of sp³-hybridized carbons (Fsp3) is 0.571. The van der Waals surface area contributed by atoms with Crippen LogP contribution in [0.5, 0.6) is 0 Å². The average Bonchev–Trinajstić information content (AvgIpc) is 2.64. The molecule has 3 heteroatoms. The van der Waals surface area contributed by atoms with Gasteiger partial charge in [-0.05, 0) is 50.8 Å². The van der Waals surface area contributed by atoms with Gasteiger partial charge in [-0.25, -0.2) is 0 Å². The number of benzene rings is 1. The number of nitrogens with zero attached hydrogens (tertiary/aromatic N) is 1. The number of hydrogen-bond acceptors (Lipinski definition) is 2. The van der Waals surface area contributed by atoms with Gasteiger partial charge in [-0.15, -0.1) is 0 Å².